The Balaban J connectivity index is 2.30. The van der Waals surface area contributed by atoms with Crippen molar-refractivity contribution in [3.05, 3.63) is 46.0 Å². The van der Waals surface area contributed by atoms with Crippen LogP contribution in [0.5, 0.6) is 0 Å². The maximum atomic E-state index is 12.8. The number of aromatic nitrogens is 1. The van der Waals surface area contributed by atoms with Crippen LogP contribution in [0.3, 0.4) is 0 Å². The van der Waals surface area contributed by atoms with E-state index in [4.69, 9.17) is 4.74 Å². The van der Waals surface area contributed by atoms with Crippen molar-refractivity contribution in [2.24, 2.45) is 0 Å². The monoisotopic (exact) mass is 449 g/mol. The number of rotatable bonds is 6. The molecule has 2 rings (SSSR count). The number of carbonyl (C=O) groups excluding carboxylic acids is 1. The fourth-order valence-electron chi connectivity index (χ4n) is 3.31. The van der Waals surface area contributed by atoms with Crippen LogP contribution in [-0.2, 0) is 9.53 Å². The molecular formula is C24H35NO5S. The predicted octanol–water partition coefficient (Wildman–Crippen LogP) is 4.13. The van der Waals surface area contributed by atoms with Gasteiger partial charge in [-0.1, -0.05) is 57.4 Å². The van der Waals surface area contributed by atoms with E-state index < -0.39 is 24.3 Å². The lowest BCUT2D eigenvalue weighted by molar-refractivity contribution is -0.146. The molecule has 0 saturated carbocycles. The van der Waals surface area contributed by atoms with Crippen LogP contribution < -0.4 is 0 Å². The highest BCUT2D eigenvalue weighted by atomic mass is 32.1. The van der Waals surface area contributed by atoms with Gasteiger partial charge in [0.1, 0.15) is 6.10 Å². The maximum Gasteiger partial charge on any atom is 0.334 e. The van der Waals surface area contributed by atoms with Gasteiger partial charge >= 0.3 is 5.97 Å². The summed E-state index contributed by atoms with van der Waals surface area (Å²) in [5, 5.41) is 32.9. The van der Waals surface area contributed by atoms with E-state index in [0.717, 1.165) is 30.7 Å². The molecule has 0 spiro atoms. The first kappa shape index (κ1) is 25.5. The molecule has 0 aliphatic carbocycles. The average Bonchev–Trinajstić information content (AvgIpc) is 3.21. The Morgan fingerprint density at radius 3 is 2.77 bits per heavy atom. The molecule has 1 aliphatic heterocycles. The molecule has 172 valence electrons. The number of unbranched alkanes of at least 4 members (excludes halogenated alkanes) is 3. The Bertz CT molecular complexity index is 770. The van der Waals surface area contributed by atoms with Gasteiger partial charge < -0.3 is 20.1 Å². The third-order valence-corrected chi connectivity index (χ3v) is 6.39. The molecule has 2 heterocycles. The van der Waals surface area contributed by atoms with Crippen molar-refractivity contribution in [1.82, 2.24) is 4.98 Å². The third-order valence-electron chi connectivity index (χ3n) is 5.33. The fraction of sp³-hybridized carbons (Fsp3) is 0.583. The van der Waals surface area contributed by atoms with E-state index in [0.29, 0.717) is 24.1 Å². The van der Waals surface area contributed by atoms with Crippen molar-refractivity contribution in [2.75, 3.05) is 6.61 Å². The number of hydrogen-bond acceptors (Lipinski definition) is 7. The smallest absolute Gasteiger partial charge is 0.334 e. The van der Waals surface area contributed by atoms with Gasteiger partial charge in [-0.05, 0) is 18.9 Å². The number of aliphatic hydroxyl groups is 3. The second kappa shape index (κ2) is 13.6. The first-order chi connectivity index (χ1) is 14.9. The number of ether oxygens (including phenoxy) is 1. The zero-order valence-electron chi connectivity index (χ0n) is 18.4. The quantitative estimate of drug-likeness (QED) is 0.446. The van der Waals surface area contributed by atoms with Crippen molar-refractivity contribution < 1.29 is 24.9 Å². The SMILES string of the molecule is CCCCCC/C1=C/c2csc(n2)[C@@H](C)[C@H](O)C[C@@H](O)/C=C\C=C/C[C@H](CO)OC1=O. The van der Waals surface area contributed by atoms with Gasteiger partial charge in [0.15, 0.2) is 0 Å². The molecule has 0 unspecified atom stereocenters. The minimum absolute atomic E-state index is 0.208. The number of carbonyl (C=O) groups is 1. The summed E-state index contributed by atoms with van der Waals surface area (Å²) in [7, 11) is 0. The van der Waals surface area contributed by atoms with Gasteiger partial charge in [-0.3, -0.25) is 0 Å². The second-order valence-corrected chi connectivity index (χ2v) is 8.90. The van der Waals surface area contributed by atoms with Crippen LogP contribution in [0, 0.1) is 0 Å². The lowest BCUT2D eigenvalue weighted by Crippen LogP contribution is -2.22. The standard InChI is InChI=1S/C24H35NO5S/c1-3-4-5-7-10-18-13-19-16-31-23(25-19)17(2)22(28)14-20(27)11-8-6-9-12-21(15-26)30-24(18)29/h6,8-9,11,13,16-17,20-22,26-28H,3-5,7,10,12,14-15H2,1-2H3/b9-6-,11-8-,18-13-/t17-,20-,21+,22+/m0/s1. The van der Waals surface area contributed by atoms with Gasteiger partial charge in [-0.25, -0.2) is 9.78 Å². The van der Waals surface area contributed by atoms with Crippen LogP contribution in [0.25, 0.3) is 6.08 Å². The summed E-state index contributed by atoms with van der Waals surface area (Å²) < 4.78 is 5.56. The van der Waals surface area contributed by atoms with E-state index in [1.165, 1.54) is 11.3 Å². The number of thiazole rings is 1. The molecule has 7 heteroatoms. The lowest BCUT2D eigenvalue weighted by Gasteiger charge is -2.18. The molecule has 6 nitrogen and oxygen atoms in total. The van der Waals surface area contributed by atoms with Crippen LogP contribution in [0.2, 0.25) is 0 Å². The Kier molecular flexibility index (Phi) is 11.2. The molecule has 1 aliphatic rings. The minimum atomic E-state index is -0.779. The highest BCUT2D eigenvalue weighted by molar-refractivity contribution is 7.09. The van der Waals surface area contributed by atoms with Crippen LogP contribution in [0.15, 0.2) is 35.3 Å². The predicted molar refractivity (Wildman–Crippen MR) is 124 cm³/mol. The van der Waals surface area contributed by atoms with E-state index in [1.54, 1.807) is 30.4 Å². The fourth-order valence-corrected chi connectivity index (χ4v) is 4.21. The maximum absolute atomic E-state index is 12.8. The topological polar surface area (TPSA) is 99.9 Å². The number of aliphatic hydroxyl groups excluding tert-OH is 3. The minimum Gasteiger partial charge on any atom is -0.456 e. The summed E-state index contributed by atoms with van der Waals surface area (Å²) in [4.78, 5) is 17.4. The van der Waals surface area contributed by atoms with E-state index in [1.807, 2.05) is 12.3 Å². The number of fused-ring (bicyclic) bond motifs is 2. The largest absolute Gasteiger partial charge is 0.456 e. The zero-order chi connectivity index (χ0) is 22.6. The summed E-state index contributed by atoms with van der Waals surface area (Å²) in [6.07, 6.45) is 11.7. The van der Waals surface area contributed by atoms with Crippen LogP contribution in [0.4, 0.5) is 0 Å². The normalized spacial score (nSPS) is 29.5. The van der Waals surface area contributed by atoms with E-state index >= 15 is 0 Å². The van der Waals surface area contributed by atoms with Crippen molar-refractivity contribution in [2.45, 2.75) is 83.0 Å². The molecule has 0 saturated heterocycles. The molecule has 1 aromatic rings. The summed E-state index contributed by atoms with van der Waals surface area (Å²) >= 11 is 1.43. The van der Waals surface area contributed by atoms with Crippen molar-refractivity contribution >= 4 is 23.4 Å². The summed E-state index contributed by atoms with van der Waals surface area (Å²) in [6.45, 7) is 3.76. The van der Waals surface area contributed by atoms with Gasteiger partial charge in [-0.2, -0.15) is 0 Å². The number of esters is 1. The number of allylic oxidation sites excluding steroid dienone is 2. The first-order valence-electron chi connectivity index (χ1n) is 11.1. The molecule has 0 aromatic carbocycles. The van der Waals surface area contributed by atoms with Gasteiger partial charge in [0.25, 0.3) is 0 Å². The molecule has 0 fully saturated rings. The van der Waals surface area contributed by atoms with Crippen molar-refractivity contribution in [3.8, 4) is 0 Å². The number of nitrogens with zero attached hydrogens (tertiary/aromatic N) is 1. The number of cyclic esters (lactones) is 1. The van der Waals surface area contributed by atoms with Crippen LogP contribution in [-0.4, -0.2) is 51.2 Å². The van der Waals surface area contributed by atoms with Crippen molar-refractivity contribution in [1.29, 1.82) is 0 Å². The average molecular weight is 450 g/mol. The summed E-state index contributed by atoms with van der Waals surface area (Å²) in [5.74, 6) is -0.665. The third kappa shape index (κ3) is 8.69. The van der Waals surface area contributed by atoms with E-state index in [9.17, 15) is 20.1 Å². The molecule has 31 heavy (non-hydrogen) atoms. The Morgan fingerprint density at radius 1 is 1.23 bits per heavy atom. The highest BCUT2D eigenvalue weighted by Crippen LogP contribution is 2.27. The Morgan fingerprint density at radius 2 is 2.03 bits per heavy atom. The Labute approximate surface area is 189 Å². The molecule has 0 amide bonds. The lowest BCUT2D eigenvalue weighted by atomic mass is 9.99. The second-order valence-electron chi connectivity index (χ2n) is 8.01. The van der Waals surface area contributed by atoms with Crippen LogP contribution >= 0.6 is 11.3 Å². The van der Waals surface area contributed by atoms with Gasteiger partial charge in [0, 0.05) is 29.7 Å². The van der Waals surface area contributed by atoms with Gasteiger partial charge in [-0.15, -0.1) is 11.3 Å². The molecule has 1 aromatic heterocycles. The Hall–Kier alpha value is -1.80. The molecule has 3 N–H and O–H groups in total. The molecular weight excluding hydrogens is 414 g/mol. The first-order valence-corrected chi connectivity index (χ1v) is 12.0. The highest BCUT2D eigenvalue weighted by Gasteiger charge is 2.22. The number of hydrogen-bond donors (Lipinski definition) is 3. The molecule has 4 atom stereocenters. The molecule has 0 radical (unpaired) electrons. The van der Waals surface area contributed by atoms with Crippen LogP contribution in [0.1, 0.15) is 75.4 Å². The van der Waals surface area contributed by atoms with Gasteiger partial charge in [0.2, 0.25) is 0 Å². The summed E-state index contributed by atoms with van der Waals surface area (Å²) in [6, 6.07) is 0. The van der Waals surface area contributed by atoms with Crippen molar-refractivity contribution in [3.63, 3.8) is 0 Å². The zero-order valence-corrected chi connectivity index (χ0v) is 19.3. The molecule has 2 bridgehead atoms. The summed E-state index contributed by atoms with van der Waals surface area (Å²) in [5.41, 5.74) is 1.20. The van der Waals surface area contributed by atoms with E-state index in [-0.39, 0.29) is 18.9 Å². The van der Waals surface area contributed by atoms with Gasteiger partial charge in [0.05, 0.1) is 29.5 Å². The van der Waals surface area contributed by atoms with E-state index in [2.05, 4.69) is 11.9 Å².